The Labute approximate surface area is 99.8 Å². The SMILES string of the molecule is CCCCCN(C)CCCC(C)(C)C(=O)O. The standard InChI is InChI=1S/C13H27NO2/c1-5-6-7-10-14(4)11-8-9-13(2,3)12(15)16/h5-11H2,1-4H3,(H,15,16). The van der Waals surface area contributed by atoms with Crippen LogP contribution in [-0.4, -0.2) is 36.1 Å². The van der Waals surface area contributed by atoms with Gasteiger partial charge in [-0.2, -0.15) is 0 Å². The van der Waals surface area contributed by atoms with Gasteiger partial charge in [0.25, 0.3) is 0 Å². The van der Waals surface area contributed by atoms with Crippen LogP contribution in [0.4, 0.5) is 0 Å². The van der Waals surface area contributed by atoms with Gasteiger partial charge < -0.3 is 10.0 Å². The molecule has 0 aromatic heterocycles. The van der Waals surface area contributed by atoms with Crippen LogP contribution in [0.25, 0.3) is 0 Å². The molecular weight excluding hydrogens is 202 g/mol. The number of nitrogens with zero attached hydrogens (tertiary/aromatic N) is 1. The molecule has 0 unspecified atom stereocenters. The van der Waals surface area contributed by atoms with E-state index >= 15 is 0 Å². The van der Waals surface area contributed by atoms with Crippen LogP contribution >= 0.6 is 0 Å². The van der Waals surface area contributed by atoms with E-state index < -0.39 is 11.4 Å². The first-order valence-corrected chi connectivity index (χ1v) is 6.32. The Bertz CT molecular complexity index is 202. The number of carbonyl (C=O) groups is 1. The zero-order chi connectivity index (χ0) is 12.6. The van der Waals surface area contributed by atoms with Crippen LogP contribution in [-0.2, 0) is 4.79 Å². The fourth-order valence-electron chi connectivity index (χ4n) is 1.64. The Balaban J connectivity index is 3.61. The molecular formula is C13H27NO2. The molecule has 0 aromatic carbocycles. The van der Waals surface area contributed by atoms with Gasteiger partial charge in [0.1, 0.15) is 0 Å². The van der Waals surface area contributed by atoms with Crippen LogP contribution in [0.1, 0.15) is 52.9 Å². The van der Waals surface area contributed by atoms with Crippen LogP contribution < -0.4 is 0 Å². The van der Waals surface area contributed by atoms with Crippen molar-refractivity contribution in [2.45, 2.75) is 52.9 Å². The molecule has 0 fully saturated rings. The molecule has 0 saturated heterocycles. The lowest BCUT2D eigenvalue weighted by Gasteiger charge is -2.21. The van der Waals surface area contributed by atoms with Gasteiger partial charge in [-0.25, -0.2) is 0 Å². The molecule has 16 heavy (non-hydrogen) atoms. The number of aliphatic carboxylic acids is 1. The van der Waals surface area contributed by atoms with Crippen LogP contribution in [0.15, 0.2) is 0 Å². The Morgan fingerprint density at radius 3 is 2.25 bits per heavy atom. The summed E-state index contributed by atoms with van der Waals surface area (Å²) in [5, 5.41) is 8.97. The molecule has 1 N–H and O–H groups in total. The average Bonchev–Trinajstić information content (AvgIpc) is 2.17. The van der Waals surface area contributed by atoms with E-state index in [2.05, 4.69) is 18.9 Å². The number of rotatable bonds is 9. The molecule has 3 nitrogen and oxygen atoms in total. The normalized spacial score (nSPS) is 12.1. The molecule has 0 aromatic rings. The first-order valence-electron chi connectivity index (χ1n) is 6.32. The summed E-state index contributed by atoms with van der Waals surface area (Å²) in [6.45, 7) is 7.93. The Kier molecular flexibility index (Phi) is 7.39. The number of carboxylic acids is 1. The van der Waals surface area contributed by atoms with E-state index in [1.165, 1.54) is 19.3 Å². The first-order chi connectivity index (χ1) is 7.40. The molecule has 0 amide bonds. The minimum absolute atomic E-state index is 0.579. The quantitative estimate of drug-likeness (QED) is 0.618. The van der Waals surface area contributed by atoms with Gasteiger partial charge in [-0.05, 0) is 53.2 Å². The van der Waals surface area contributed by atoms with Crippen molar-refractivity contribution in [3.05, 3.63) is 0 Å². The van der Waals surface area contributed by atoms with Crippen molar-refractivity contribution in [1.82, 2.24) is 4.90 Å². The van der Waals surface area contributed by atoms with E-state index in [-0.39, 0.29) is 0 Å². The average molecular weight is 229 g/mol. The highest BCUT2D eigenvalue weighted by Crippen LogP contribution is 2.22. The molecule has 0 bridgehead atoms. The van der Waals surface area contributed by atoms with Crippen LogP contribution in [0.3, 0.4) is 0 Å². The van der Waals surface area contributed by atoms with Gasteiger partial charge in [-0.3, -0.25) is 4.79 Å². The molecule has 0 aliphatic rings. The zero-order valence-corrected chi connectivity index (χ0v) is 11.3. The lowest BCUT2D eigenvalue weighted by Crippen LogP contribution is -2.26. The summed E-state index contributed by atoms with van der Waals surface area (Å²) in [4.78, 5) is 13.2. The third kappa shape index (κ3) is 6.83. The fraction of sp³-hybridized carbons (Fsp3) is 0.923. The summed E-state index contributed by atoms with van der Waals surface area (Å²) in [7, 11) is 2.11. The molecule has 0 aliphatic heterocycles. The summed E-state index contributed by atoms with van der Waals surface area (Å²) in [5.41, 5.74) is -0.579. The van der Waals surface area contributed by atoms with Gasteiger partial charge in [0.15, 0.2) is 0 Å². The van der Waals surface area contributed by atoms with E-state index in [0.29, 0.717) is 0 Å². The molecule has 0 spiro atoms. The maximum absolute atomic E-state index is 10.9. The highest BCUT2D eigenvalue weighted by atomic mass is 16.4. The fourth-order valence-corrected chi connectivity index (χ4v) is 1.64. The largest absolute Gasteiger partial charge is 0.481 e. The summed E-state index contributed by atoms with van der Waals surface area (Å²) < 4.78 is 0. The summed E-state index contributed by atoms with van der Waals surface area (Å²) in [5.74, 6) is -0.693. The van der Waals surface area contributed by atoms with Gasteiger partial charge >= 0.3 is 5.97 Å². The van der Waals surface area contributed by atoms with Crippen LogP contribution in [0.5, 0.6) is 0 Å². The molecule has 0 radical (unpaired) electrons. The van der Waals surface area contributed by atoms with Crippen molar-refractivity contribution in [2.24, 2.45) is 5.41 Å². The smallest absolute Gasteiger partial charge is 0.309 e. The summed E-state index contributed by atoms with van der Waals surface area (Å²) >= 11 is 0. The third-order valence-corrected chi connectivity index (χ3v) is 3.06. The van der Waals surface area contributed by atoms with Crippen molar-refractivity contribution in [3.8, 4) is 0 Å². The van der Waals surface area contributed by atoms with Gasteiger partial charge in [0.2, 0.25) is 0 Å². The van der Waals surface area contributed by atoms with Crippen molar-refractivity contribution < 1.29 is 9.90 Å². The molecule has 0 aliphatic carbocycles. The highest BCUT2D eigenvalue weighted by molar-refractivity contribution is 5.73. The predicted molar refractivity (Wildman–Crippen MR) is 67.7 cm³/mol. The molecule has 0 saturated carbocycles. The summed E-state index contributed by atoms with van der Waals surface area (Å²) in [6.07, 6.45) is 5.49. The van der Waals surface area contributed by atoms with Gasteiger partial charge in [-0.1, -0.05) is 19.8 Å². The number of hydrogen-bond donors (Lipinski definition) is 1. The lowest BCUT2D eigenvalue weighted by atomic mass is 9.88. The topological polar surface area (TPSA) is 40.5 Å². The molecule has 0 heterocycles. The van der Waals surface area contributed by atoms with E-state index in [9.17, 15) is 4.79 Å². The van der Waals surface area contributed by atoms with Crippen LogP contribution in [0, 0.1) is 5.41 Å². The second-order valence-corrected chi connectivity index (χ2v) is 5.30. The summed E-state index contributed by atoms with van der Waals surface area (Å²) in [6, 6.07) is 0. The Hall–Kier alpha value is -0.570. The van der Waals surface area contributed by atoms with Crippen molar-refractivity contribution >= 4 is 5.97 Å². The maximum Gasteiger partial charge on any atom is 0.309 e. The molecule has 0 atom stereocenters. The van der Waals surface area contributed by atoms with E-state index in [4.69, 9.17) is 5.11 Å². The van der Waals surface area contributed by atoms with Crippen LogP contribution in [0.2, 0.25) is 0 Å². The maximum atomic E-state index is 10.9. The van der Waals surface area contributed by atoms with Crippen molar-refractivity contribution in [1.29, 1.82) is 0 Å². The number of carboxylic acid groups (broad SMARTS) is 1. The monoisotopic (exact) mass is 229 g/mol. The Morgan fingerprint density at radius 2 is 1.75 bits per heavy atom. The Morgan fingerprint density at radius 1 is 1.19 bits per heavy atom. The zero-order valence-electron chi connectivity index (χ0n) is 11.3. The number of hydrogen-bond acceptors (Lipinski definition) is 2. The minimum atomic E-state index is -0.693. The van der Waals surface area contributed by atoms with Gasteiger partial charge in [0.05, 0.1) is 5.41 Å². The molecule has 0 rings (SSSR count). The van der Waals surface area contributed by atoms with E-state index in [1.807, 2.05) is 0 Å². The third-order valence-electron chi connectivity index (χ3n) is 3.06. The highest BCUT2D eigenvalue weighted by Gasteiger charge is 2.26. The van der Waals surface area contributed by atoms with Crippen molar-refractivity contribution in [3.63, 3.8) is 0 Å². The minimum Gasteiger partial charge on any atom is -0.481 e. The first kappa shape index (κ1) is 15.4. The van der Waals surface area contributed by atoms with Crippen molar-refractivity contribution in [2.75, 3.05) is 20.1 Å². The number of unbranched alkanes of at least 4 members (excludes halogenated alkanes) is 2. The van der Waals surface area contributed by atoms with E-state index in [0.717, 1.165) is 25.9 Å². The lowest BCUT2D eigenvalue weighted by molar-refractivity contribution is -0.147. The second-order valence-electron chi connectivity index (χ2n) is 5.30. The van der Waals surface area contributed by atoms with E-state index in [1.54, 1.807) is 13.8 Å². The molecule has 96 valence electrons. The predicted octanol–water partition coefficient (Wildman–Crippen LogP) is 3.00. The van der Waals surface area contributed by atoms with Gasteiger partial charge in [-0.15, -0.1) is 0 Å². The van der Waals surface area contributed by atoms with Gasteiger partial charge in [0, 0.05) is 0 Å². The molecule has 3 heteroatoms. The second kappa shape index (κ2) is 7.66.